The predicted octanol–water partition coefficient (Wildman–Crippen LogP) is 4.54. The van der Waals surface area contributed by atoms with Crippen molar-refractivity contribution in [3.63, 3.8) is 0 Å². The van der Waals surface area contributed by atoms with Crippen LogP contribution in [0.4, 0.5) is 0 Å². The molecule has 2 aromatic carbocycles. The van der Waals surface area contributed by atoms with Crippen molar-refractivity contribution in [3.05, 3.63) is 68.7 Å². The number of benzene rings is 2. The zero-order chi connectivity index (χ0) is 15.4. The molecule has 0 aromatic heterocycles. The molecule has 0 saturated heterocycles. The standard InChI is InChI=1S/C17H20BrClN2/c1-12-9-14(19)7-8-15(12)17(10-20)21(2)11-13-5-3-4-6-16(13)18/h3-9,17H,10-11,20H2,1-2H3. The van der Waals surface area contributed by atoms with Crippen LogP contribution in [0.15, 0.2) is 46.9 Å². The van der Waals surface area contributed by atoms with Gasteiger partial charge in [-0.1, -0.05) is 51.8 Å². The molecule has 0 aliphatic rings. The molecular weight excluding hydrogens is 348 g/mol. The second kappa shape index (κ2) is 7.41. The second-order valence-corrected chi connectivity index (χ2v) is 6.55. The highest BCUT2D eigenvalue weighted by atomic mass is 79.9. The predicted molar refractivity (Wildman–Crippen MR) is 93.6 cm³/mol. The summed E-state index contributed by atoms with van der Waals surface area (Å²) in [5.41, 5.74) is 9.68. The van der Waals surface area contributed by atoms with Gasteiger partial charge in [-0.2, -0.15) is 0 Å². The molecule has 2 N–H and O–H groups in total. The van der Waals surface area contributed by atoms with Crippen LogP contribution in [0.2, 0.25) is 5.02 Å². The SMILES string of the molecule is Cc1cc(Cl)ccc1C(CN)N(C)Cc1ccccc1Br. The van der Waals surface area contributed by atoms with E-state index in [9.17, 15) is 0 Å². The summed E-state index contributed by atoms with van der Waals surface area (Å²) in [6.07, 6.45) is 0. The van der Waals surface area contributed by atoms with Crippen LogP contribution in [0.25, 0.3) is 0 Å². The van der Waals surface area contributed by atoms with Gasteiger partial charge < -0.3 is 5.73 Å². The van der Waals surface area contributed by atoms with Gasteiger partial charge in [0.2, 0.25) is 0 Å². The summed E-state index contributed by atoms with van der Waals surface area (Å²) in [5, 5.41) is 0.764. The quantitative estimate of drug-likeness (QED) is 0.840. The zero-order valence-corrected chi connectivity index (χ0v) is 14.7. The van der Waals surface area contributed by atoms with Gasteiger partial charge >= 0.3 is 0 Å². The summed E-state index contributed by atoms with van der Waals surface area (Å²) >= 11 is 9.64. The molecule has 0 bridgehead atoms. The third-order valence-corrected chi connectivity index (χ3v) is 4.73. The topological polar surface area (TPSA) is 29.3 Å². The summed E-state index contributed by atoms with van der Waals surface area (Å²) in [6.45, 7) is 3.49. The number of aryl methyl sites for hydroxylation is 1. The summed E-state index contributed by atoms with van der Waals surface area (Å²) in [7, 11) is 2.10. The fourth-order valence-corrected chi connectivity index (χ4v) is 3.20. The van der Waals surface area contributed by atoms with E-state index in [4.69, 9.17) is 17.3 Å². The number of hydrogen-bond donors (Lipinski definition) is 1. The highest BCUT2D eigenvalue weighted by Crippen LogP contribution is 2.27. The van der Waals surface area contributed by atoms with Gasteiger partial charge in [0.15, 0.2) is 0 Å². The third-order valence-electron chi connectivity index (χ3n) is 3.72. The number of halogens is 2. The van der Waals surface area contributed by atoms with Crippen LogP contribution in [0.1, 0.15) is 22.7 Å². The number of rotatable bonds is 5. The number of nitrogens with two attached hydrogens (primary N) is 1. The molecular formula is C17H20BrClN2. The molecule has 112 valence electrons. The smallest absolute Gasteiger partial charge is 0.0473 e. The Balaban J connectivity index is 2.22. The van der Waals surface area contributed by atoms with Crippen LogP contribution in [-0.2, 0) is 6.54 Å². The average Bonchev–Trinajstić information content (AvgIpc) is 2.44. The van der Waals surface area contributed by atoms with Gasteiger partial charge in [-0.15, -0.1) is 0 Å². The van der Waals surface area contributed by atoms with Crippen LogP contribution in [0.5, 0.6) is 0 Å². The van der Waals surface area contributed by atoms with E-state index in [0.717, 1.165) is 16.0 Å². The van der Waals surface area contributed by atoms with Gasteiger partial charge in [0.1, 0.15) is 0 Å². The number of likely N-dealkylation sites (N-methyl/N-ethyl adjacent to an activating group) is 1. The Hall–Kier alpha value is -0.870. The van der Waals surface area contributed by atoms with E-state index in [1.807, 2.05) is 18.2 Å². The van der Waals surface area contributed by atoms with Crippen molar-refractivity contribution < 1.29 is 0 Å². The zero-order valence-electron chi connectivity index (χ0n) is 12.3. The highest BCUT2D eigenvalue weighted by molar-refractivity contribution is 9.10. The molecule has 0 amide bonds. The minimum absolute atomic E-state index is 0.175. The lowest BCUT2D eigenvalue weighted by Crippen LogP contribution is -2.30. The maximum Gasteiger partial charge on any atom is 0.0473 e. The monoisotopic (exact) mass is 366 g/mol. The lowest BCUT2D eigenvalue weighted by molar-refractivity contribution is 0.240. The molecule has 0 heterocycles. The maximum absolute atomic E-state index is 6.04. The van der Waals surface area contributed by atoms with Crippen LogP contribution in [0, 0.1) is 6.92 Å². The van der Waals surface area contributed by atoms with Crippen LogP contribution in [0.3, 0.4) is 0 Å². The lowest BCUT2D eigenvalue weighted by atomic mass is 10.00. The lowest BCUT2D eigenvalue weighted by Gasteiger charge is -2.29. The summed E-state index contributed by atoms with van der Waals surface area (Å²) in [4.78, 5) is 2.27. The number of nitrogens with zero attached hydrogens (tertiary/aromatic N) is 1. The summed E-state index contributed by atoms with van der Waals surface area (Å²) in [6, 6.07) is 14.4. The molecule has 1 atom stereocenters. The van der Waals surface area contributed by atoms with Crippen molar-refractivity contribution >= 4 is 27.5 Å². The van der Waals surface area contributed by atoms with Gasteiger partial charge in [-0.25, -0.2) is 0 Å². The Morgan fingerprint density at radius 1 is 1.24 bits per heavy atom. The van der Waals surface area contributed by atoms with E-state index >= 15 is 0 Å². The first-order valence-electron chi connectivity index (χ1n) is 6.92. The Morgan fingerprint density at radius 3 is 2.57 bits per heavy atom. The molecule has 2 aromatic rings. The first kappa shape index (κ1) is 16.5. The first-order valence-corrected chi connectivity index (χ1v) is 8.09. The first-order chi connectivity index (χ1) is 10.0. The molecule has 0 fully saturated rings. The van der Waals surface area contributed by atoms with E-state index in [1.54, 1.807) is 0 Å². The van der Waals surface area contributed by atoms with Gasteiger partial charge in [-0.3, -0.25) is 4.90 Å². The van der Waals surface area contributed by atoms with Crippen molar-refractivity contribution in [1.29, 1.82) is 0 Å². The van der Waals surface area contributed by atoms with Crippen molar-refractivity contribution in [2.75, 3.05) is 13.6 Å². The van der Waals surface area contributed by atoms with E-state index in [1.165, 1.54) is 16.7 Å². The molecule has 21 heavy (non-hydrogen) atoms. The average molecular weight is 368 g/mol. The number of hydrogen-bond acceptors (Lipinski definition) is 2. The molecule has 0 radical (unpaired) electrons. The van der Waals surface area contributed by atoms with Gasteiger partial charge in [0, 0.05) is 28.6 Å². The van der Waals surface area contributed by atoms with Crippen LogP contribution in [-0.4, -0.2) is 18.5 Å². The Morgan fingerprint density at radius 2 is 1.95 bits per heavy atom. The Kier molecular flexibility index (Phi) is 5.82. The van der Waals surface area contributed by atoms with Crippen molar-refractivity contribution in [2.45, 2.75) is 19.5 Å². The molecule has 1 unspecified atom stereocenters. The molecule has 2 rings (SSSR count). The van der Waals surface area contributed by atoms with E-state index in [0.29, 0.717) is 6.54 Å². The molecule has 0 spiro atoms. The van der Waals surface area contributed by atoms with Crippen molar-refractivity contribution in [3.8, 4) is 0 Å². The maximum atomic E-state index is 6.04. The van der Waals surface area contributed by atoms with E-state index < -0.39 is 0 Å². The van der Waals surface area contributed by atoms with Crippen molar-refractivity contribution in [2.24, 2.45) is 5.73 Å². The second-order valence-electron chi connectivity index (χ2n) is 5.26. The molecule has 0 saturated carbocycles. The minimum atomic E-state index is 0.175. The summed E-state index contributed by atoms with van der Waals surface area (Å²) < 4.78 is 1.13. The Labute approximate surface area is 140 Å². The molecule has 0 aliphatic heterocycles. The molecule has 2 nitrogen and oxygen atoms in total. The van der Waals surface area contributed by atoms with Crippen LogP contribution >= 0.6 is 27.5 Å². The summed E-state index contributed by atoms with van der Waals surface area (Å²) in [5.74, 6) is 0. The van der Waals surface area contributed by atoms with Crippen LogP contribution < -0.4 is 5.73 Å². The van der Waals surface area contributed by atoms with E-state index in [2.05, 4.69) is 59.1 Å². The highest BCUT2D eigenvalue weighted by Gasteiger charge is 2.18. The molecule has 0 aliphatic carbocycles. The third kappa shape index (κ3) is 4.07. The largest absolute Gasteiger partial charge is 0.329 e. The normalized spacial score (nSPS) is 12.7. The van der Waals surface area contributed by atoms with Crippen molar-refractivity contribution in [1.82, 2.24) is 4.90 Å². The fourth-order valence-electron chi connectivity index (χ4n) is 2.56. The van der Waals surface area contributed by atoms with E-state index in [-0.39, 0.29) is 6.04 Å². The van der Waals surface area contributed by atoms with Gasteiger partial charge in [-0.05, 0) is 48.9 Å². The van der Waals surface area contributed by atoms with Gasteiger partial charge in [0.05, 0.1) is 0 Å². The van der Waals surface area contributed by atoms with Gasteiger partial charge in [0.25, 0.3) is 0 Å². The Bertz CT molecular complexity index is 615. The fraction of sp³-hybridized carbons (Fsp3) is 0.294. The minimum Gasteiger partial charge on any atom is -0.329 e. The molecule has 4 heteroatoms.